The monoisotopic (exact) mass is 236 g/mol. The third kappa shape index (κ3) is 2.99. The Labute approximate surface area is 102 Å². The molecule has 94 valence electrons. The second kappa shape index (κ2) is 4.78. The quantitative estimate of drug-likeness (QED) is 0.876. The van der Waals surface area contributed by atoms with E-state index < -0.39 is 11.9 Å². The lowest BCUT2D eigenvalue weighted by molar-refractivity contribution is -0.138. The van der Waals surface area contributed by atoms with Gasteiger partial charge in [-0.05, 0) is 29.5 Å². The summed E-state index contributed by atoms with van der Waals surface area (Å²) in [6.07, 6.45) is 0. The molecule has 3 nitrogen and oxygen atoms in total. The van der Waals surface area contributed by atoms with Gasteiger partial charge in [-0.15, -0.1) is 0 Å². The van der Waals surface area contributed by atoms with Crippen LogP contribution in [0.1, 0.15) is 44.7 Å². The lowest BCUT2D eigenvalue weighted by atomic mass is 9.84. The number of rotatable bonds is 3. The number of methoxy groups -OCH3 is 1. The van der Waals surface area contributed by atoms with Crippen LogP contribution in [0.2, 0.25) is 0 Å². The summed E-state index contributed by atoms with van der Waals surface area (Å²) in [5.74, 6) is -0.504. The van der Waals surface area contributed by atoms with Gasteiger partial charge < -0.3 is 9.84 Å². The number of ether oxygens (including phenoxy) is 1. The molecule has 0 fully saturated rings. The predicted octanol–water partition coefficient (Wildman–Crippen LogP) is 3.18. The van der Waals surface area contributed by atoms with Crippen molar-refractivity contribution in [1.82, 2.24) is 0 Å². The summed E-state index contributed by atoms with van der Waals surface area (Å²) in [4.78, 5) is 11.0. The van der Waals surface area contributed by atoms with Gasteiger partial charge in [-0.3, -0.25) is 4.79 Å². The van der Waals surface area contributed by atoms with Gasteiger partial charge >= 0.3 is 5.97 Å². The summed E-state index contributed by atoms with van der Waals surface area (Å²) in [7, 11) is 1.63. The Morgan fingerprint density at radius 1 is 1.35 bits per heavy atom. The van der Waals surface area contributed by atoms with Crippen LogP contribution in [0.15, 0.2) is 18.2 Å². The minimum absolute atomic E-state index is 0.0699. The third-order valence-corrected chi connectivity index (χ3v) is 2.90. The number of hydrogen-bond acceptors (Lipinski definition) is 2. The van der Waals surface area contributed by atoms with Gasteiger partial charge in [0.15, 0.2) is 0 Å². The van der Waals surface area contributed by atoms with Crippen LogP contribution in [-0.2, 0) is 10.2 Å². The Morgan fingerprint density at radius 3 is 2.35 bits per heavy atom. The van der Waals surface area contributed by atoms with Crippen LogP contribution in [0, 0.1) is 0 Å². The second-order valence-electron chi connectivity index (χ2n) is 5.27. The van der Waals surface area contributed by atoms with Gasteiger partial charge in [-0.2, -0.15) is 0 Å². The molecule has 0 aliphatic carbocycles. The Bertz CT molecular complexity index is 416. The first-order valence-corrected chi connectivity index (χ1v) is 5.68. The summed E-state index contributed by atoms with van der Waals surface area (Å²) >= 11 is 0. The molecular weight excluding hydrogens is 216 g/mol. The molecule has 0 aliphatic heterocycles. The highest BCUT2D eigenvalue weighted by molar-refractivity contribution is 5.75. The summed E-state index contributed by atoms with van der Waals surface area (Å²) in [6.45, 7) is 7.94. The molecule has 0 radical (unpaired) electrons. The number of benzene rings is 1. The number of carbonyl (C=O) groups is 1. The lowest BCUT2D eigenvalue weighted by Crippen LogP contribution is -2.15. The van der Waals surface area contributed by atoms with Crippen molar-refractivity contribution in [2.45, 2.75) is 39.0 Å². The maximum Gasteiger partial charge on any atom is 0.310 e. The molecule has 0 amide bonds. The van der Waals surface area contributed by atoms with E-state index in [4.69, 9.17) is 9.84 Å². The minimum atomic E-state index is -0.810. The van der Waals surface area contributed by atoms with Gasteiger partial charge in [0.25, 0.3) is 0 Å². The molecule has 3 heteroatoms. The lowest BCUT2D eigenvalue weighted by Gasteiger charge is -2.23. The zero-order valence-corrected chi connectivity index (χ0v) is 11.1. The van der Waals surface area contributed by atoms with Crippen molar-refractivity contribution in [2.75, 3.05) is 7.11 Å². The van der Waals surface area contributed by atoms with E-state index in [0.29, 0.717) is 0 Å². The van der Waals surface area contributed by atoms with Crippen LogP contribution < -0.4 is 4.74 Å². The molecule has 0 saturated carbocycles. The van der Waals surface area contributed by atoms with Crippen LogP contribution in [0.4, 0.5) is 0 Å². The second-order valence-corrected chi connectivity index (χ2v) is 5.27. The minimum Gasteiger partial charge on any atom is -0.496 e. The highest BCUT2D eigenvalue weighted by Crippen LogP contribution is 2.33. The zero-order chi connectivity index (χ0) is 13.2. The van der Waals surface area contributed by atoms with Crippen molar-refractivity contribution >= 4 is 5.97 Å². The highest BCUT2D eigenvalue weighted by atomic mass is 16.5. The van der Waals surface area contributed by atoms with E-state index in [1.807, 2.05) is 18.2 Å². The first-order valence-electron chi connectivity index (χ1n) is 5.68. The van der Waals surface area contributed by atoms with Gasteiger partial charge in [-0.25, -0.2) is 0 Å². The molecule has 1 atom stereocenters. The van der Waals surface area contributed by atoms with E-state index >= 15 is 0 Å². The maximum absolute atomic E-state index is 11.0. The van der Waals surface area contributed by atoms with Crippen molar-refractivity contribution < 1.29 is 14.6 Å². The SMILES string of the molecule is COc1ccc(C(C)C(=O)O)cc1C(C)(C)C. The topological polar surface area (TPSA) is 46.5 Å². The number of aliphatic carboxylic acids is 1. The molecule has 17 heavy (non-hydrogen) atoms. The summed E-state index contributed by atoms with van der Waals surface area (Å²) < 4.78 is 5.32. The molecule has 0 aliphatic rings. The van der Waals surface area contributed by atoms with Crippen LogP contribution in [0.3, 0.4) is 0 Å². The smallest absolute Gasteiger partial charge is 0.310 e. The summed E-state index contributed by atoms with van der Waals surface area (Å²) in [5, 5.41) is 9.02. The zero-order valence-electron chi connectivity index (χ0n) is 11.1. The molecule has 0 heterocycles. The normalized spacial score (nSPS) is 13.2. The molecule has 0 saturated heterocycles. The molecular formula is C14H20O3. The van der Waals surface area contributed by atoms with Crippen molar-refractivity contribution in [1.29, 1.82) is 0 Å². The Kier molecular flexibility index (Phi) is 3.81. The third-order valence-electron chi connectivity index (χ3n) is 2.90. The predicted molar refractivity (Wildman–Crippen MR) is 67.7 cm³/mol. The molecule has 1 N–H and O–H groups in total. The first-order chi connectivity index (χ1) is 7.77. The van der Waals surface area contributed by atoms with Crippen molar-refractivity contribution in [3.8, 4) is 5.75 Å². The summed E-state index contributed by atoms with van der Waals surface area (Å²) in [6, 6.07) is 5.58. The number of hydrogen-bond donors (Lipinski definition) is 1. The number of carboxylic acid groups (broad SMARTS) is 1. The van der Waals surface area contributed by atoms with Gasteiger partial charge in [-0.1, -0.05) is 32.9 Å². The van der Waals surface area contributed by atoms with Crippen molar-refractivity contribution in [3.05, 3.63) is 29.3 Å². The standard InChI is InChI=1S/C14H20O3/c1-9(13(15)16)10-6-7-12(17-5)11(8-10)14(2,3)4/h6-9H,1-5H3,(H,15,16). The Morgan fingerprint density at radius 2 is 1.94 bits per heavy atom. The first kappa shape index (κ1) is 13.6. The van der Waals surface area contributed by atoms with E-state index in [-0.39, 0.29) is 5.41 Å². The summed E-state index contributed by atoms with van der Waals surface area (Å²) in [5.41, 5.74) is 1.77. The van der Waals surface area contributed by atoms with Gasteiger partial charge in [0.2, 0.25) is 0 Å². The largest absolute Gasteiger partial charge is 0.496 e. The molecule has 0 spiro atoms. The van der Waals surface area contributed by atoms with E-state index in [9.17, 15) is 4.79 Å². The molecule has 0 aromatic heterocycles. The molecule has 1 rings (SSSR count). The number of carboxylic acids is 1. The highest BCUT2D eigenvalue weighted by Gasteiger charge is 2.22. The maximum atomic E-state index is 11.0. The average molecular weight is 236 g/mol. The molecule has 1 aromatic carbocycles. The fraction of sp³-hybridized carbons (Fsp3) is 0.500. The fourth-order valence-electron chi connectivity index (χ4n) is 1.72. The fourth-order valence-corrected chi connectivity index (χ4v) is 1.72. The van der Waals surface area contributed by atoms with E-state index in [0.717, 1.165) is 16.9 Å². The Balaban J connectivity index is 3.27. The molecule has 0 bridgehead atoms. The van der Waals surface area contributed by atoms with E-state index in [1.54, 1.807) is 14.0 Å². The van der Waals surface area contributed by atoms with Crippen molar-refractivity contribution in [2.24, 2.45) is 0 Å². The average Bonchev–Trinajstić information content (AvgIpc) is 2.25. The van der Waals surface area contributed by atoms with Crippen LogP contribution in [0.25, 0.3) is 0 Å². The van der Waals surface area contributed by atoms with Gasteiger partial charge in [0, 0.05) is 0 Å². The molecule has 1 aromatic rings. The Hall–Kier alpha value is -1.51. The van der Waals surface area contributed by atoms with Gasteiger partial charge in [0.05, 0.1) is 13.0 Å². The van der Waals surface area contributed by atoms with Crippen LogP contribution >= 0.6 is 0 Å². The van der Waals surface area contributed by atoms with Gasteiger partial charge in [0.1, 0.15) is 5.75 Å². The van der Waals surface area contributed by atoms with Crippen LogP contribution in [-0.4, -0.2) is 18.2 Å². The van der Waals surface area contributed by atoms with Crippen LogP contribution in [0.5, 0.6) is 5.75 Å². The van der Waals surface area contributed by atoms with E-state index in [1.165, 1.54) is 0 Å². The molecule has 1 unspecified atom stereocenters. The van der Waals surface area contributed by atoms with Crippen molar-refractivity contribution in [3.63, 3.8) is 0 Å². The van der Waals surface area contributed by atoms with E-state index in [2.05, 4.69) is 20.8 Å².